The third-order valence-corrected chi connectivity index (χ3v) is 4.46. The Morgan fingerprint density at radius 1 is 1.42 bits per heavy atom. The van der Waals surface area contributed by atoms with Crippen molar-refractivity contribution in [2.75, 3.05) is 13.1 Å². The van der Waals surface area contributed by atoms with Crippen LogP contribution in [0.15, 0.2) is 42.9 Å². The number of likely N-dealkylation sites (tertiary alicyclic amines) is 1. The van der Waals surface area contributed by atoms with Crippen LogP contribution in [0, 0.1) is 5.92 Å². The third-order valence-electron chi connectivity index (χ3n) is 4.46. The molecule has 24 heavy (non-hydrogen) atoms. The van der Waals surface area contributed by atoms with Crippen LogP contribution in [-0.4, -0.2) is 39.9 Å². The fraction of sp³-hybridized carbons (Fsp3) is 0.389. The van der Waals surface area contributed by atoms with Crippen LogP contribution in [0.2, 0.25) is 0 Å². The molecule has 2 aromatic rings. The molecule has 1 fully saturated rings. The smallest absolute Gasteiger partial charge is 0.254 e. The summed E-state index contributed by atoms with van der Waals surface area (Å²) in [5.41, 5.74) is 6.50. The Hall–Kier alpha value is -2.47. The number of benzene rings is 1. The average Bonchev–Trinajstić information content (AvgIpc) is 2.62. The lowest BCUT2D eigenvalue weighted by atomic mass is 9.90. The van der Waals surface area contributed by atoms with Crippen molar-refractivity contribution in [3.8, 4) is 11.6 Å². The molecule has 0 spiro atoms. The van der Waals surface area contributed by atoms with Crippen molar-refractivity contribution in [2.45, 2.75) is 25.8 Å². The minimum atomic E-state index is 0.00148. The van der Waals surface area contributed by atoms with Gasteiger partial charge in [-0.3, -0.25) is 9.78 Å². The van der Waals surface area contributed by atoms with Crippen LogP contribution >= 0.6 is 0 Å². The van der Waals surface area contributed by atoms with Gasteiger partial charge in [-0.15, -0.1) is 0 Å². The third kappa shape index (κ3) is 3.54. The van der Waals surface area contributed by atoms with Crippen LogP contribution in [0.25, 0.3) is 0 Å². The number of piperidine rings is 1. The molecule has 2 N–H and O–H groups in total. The standard InChI is InChI=1S/C18H22N4O2/c1-13-4-3-9-22(16(13)11-19)18(23)14-5-2-6-15(10-14)24-17-12-20-7-8-21-17/h2,5-8,10,12-13,16H,3-4,9,11,19H2,1H3/t13-,16-/m0/s1. The number of carbonyl (C=O) groups excluding carboxylic acids is 1. The lowest BCUT2D eigenvalue weighted by Gasteiger charge is -2.39. The van der Waals surface area contributed by atoms with Crippen LogP contribution in [-0.2, 0) is 0 Å². The Bertz CT molecular complexity index is 692. The molecule has 1 amide bonds. The molecule has 0 unspecified atom stereocenters. The van der Waals surface area contributed by atoms with Crippen LogP contribution in [0.5, 0.6) is 11.6 Å². The van der Waals surface area contributed by atoms with E-state index in [2.05, 4.69) is 16.9 Å². The number of hydrogen-bond donors (Lipinski definition) is 1. The van der Waals surface area contributed by atoms with E-state index in [4.69, 9.17) is 10.5 Å². The molecule has 0 aliphatic carbocycles. The first kappa shape index (κ1) is 16.4. The summed E-state index contributed by atoms with van der Waals surface area (Å²) in [7, 11) is 0. The SMILES string of the molecule is C[C@H]1CCCN(C(=O)c2cccc(Oc3cnccn3)c2)[C@H]1CN. The van der Waals surface area contributed by atoms with E-state index in [0.29, 0.717) is 29.7 Å². The molecule has 1 aliphatic heterocycles. The fourth-order valence-corrected chi connectivity index (χ4v) is 3.18. The average molecular weight is 326 g/mol. The molecule has 0 bridgehead atoms. The van der Waals surface area contributed by atoms with Crippen molar-refractivity contribution in [1.82, 2.24) is 14.9 Å². The Morgan fingerprint density at radius 2 is 2.29 bits per heavy atom. The van der Waals surface area contributed by atoms with Gasteiger partial charge in [0, 0.05) is 37.1 Å². The van der Waals surface area contributed by atoms with Gasteiger partial charge in [0.1, 0.15) is 5.75 Å². The lowest BCUT2D eigenvalue weighted by molar-refractivity contribution is 0.0532. The number of hydrogen-bond acceptors (Lipinski definition) is 5. The first-order chi connectivity index (χ1) is 11.7. The van der Waals surface area contributed by atoms with Crippen LogP contribution in [0.4, 0.5) is 0 Å². The zero-order chi connectivity index (χ0) is 16.9. The van der Waals surface area contributed by atoms with Gasteiger partial charge in [-0.2, -0.15) is 0 Å². The molecule has 2 heterocycles. The molecule has 6 nitrogen and oxygen atoms in total. The number of amides is 1. The Balaban J connectivity index is 1.79. The highest BCUT2D eigenvalue weighted by atomic mass is 16.5. The number of carbonyl (C=O) groups is 1. The summed E-state index contributed by atoms with van der Waals surface area (Å²) in [5, 5.41) is 0. The summed E-state index contributed by atoms with van der Waals surface area (Å²) in [6, 6.07) is 7.24. The molecule has 1 aromatic heterocycles. The minimum Gasteiger partial charge on any atom is -0.437 e. The van der Waals surface area contributed by atoms with E-state index in [-0.39, 0.29) is 11.9 Å². The fourth-order valence-electron chi connectivity index (χ4n) is 3.18. The maximum absolute atomic E-state index is 12.9. The van der Waals surface area contributed by atoms with E-state index in [1.807, 2.05) is 11.0 Å². The first-order valence-corrected chi connectivity index (χ1v) is 8.24. The van der Waals surface area contributed by atoms with Crippen molar-refractivity contribution in [3.05, 3.63) is 48.4 Å². The molecule has 2 atom stereocenters. The normalized spacial score (nSPS) is 20.7. The van der Waals surface area contributed by atoms with E-state index in [1.165, 1.54) is 6.20 Å². The molecular formula is C18H22N4O2. The van der Waals surface area contributed by atoms with Crippen molar-refractivity contribution >= 4 is 5.91 Å². The van der Waals surface area contributed by atoms with E-state index in [9.17, 15) is 4.79 Å². The summed E-state index contributed by atoms with van der Waals surface area (Å²) < 4.78 is 5.66. The second-order valence-electron chi connectivity index (χ2n) is 6.09. The van der Waals surface area contributed by atoms with Gasteiger partial charge in [0.15, 0.2) is 0 Å². The predicted molar refractivity (Wildman–Crippen MR) is 90.8 cm³/mol. The molecule has 0 radical (unpaired) electrons. The number of nitrogens with zero attached hydrogens (tertiary/aromatic N) is 3. The number of rotatable bonds is 4. The van der Waals surface area contributed by atoms with Crippen molar-refractivity contribution in [2.24, 2.45) is 11.7 Å². The van der Waals surface area contributed by atoms with Gasteiger partial charge >= 0.3 is 0 Å². The van der Waals surface area contributed by atoms with E-state index in [1.54, 1.807) is 30.6 Å². The lowest BCUT2D eigenvalue weighted by Crippen LogP contribution is -2.51. The second kappa shape index (κ2) is 7.40. The number of aromatic nitrogens is 2. The number of nitrogens with two attached hydrogens (primary N) is 1. The Labute approximate surface area is 141 Å². The van der Waals surface area contributed by atoms with E-state index < -0.39 is 0 Å². The summed E-state index contributed by atoms with van der Waals surface area (Å²) >= 11 is 0. The molecular weight excluding hydrogens is 304 g/mol. The molecule has 126 valence electrons. The highest BCUT2D eigenvalue weighted by Gasteiger charge is 2.31. The molecule has 6 heteroatoms. The maximum Gasteiger partial charge on any atom is 0.254 e. The van der Waals surface area contributed by atoms with Gasteiger partial charge in [-0.05, 0) is 37.0 Å². The van der Waals surface area contributed by atoms with Crippen LogP contribution in [0.3, 0.4) is 0 Å². The maximum atomic E-state index is 12.9. The van der Waals surface area contributed by atoms with Crippen LogP contribution in [0.1, 0.15) is 30.1 Å². The Kier molecular flexibility index (Phi) is 5.05. The van der Waals surface area contributed by atoms with Gasteiger partial charge in [0.05, 0.1) is 6.20 Å². The quantitative estimate of drug-likeness (QED) is 0.933. The molecule has 0 saturated carbocycles. The molecule has 1 aromatic carbocycles. The van der Waals surface area contributed by atoms with Gasteiger partial charge in [-0.25, -0.2) is 4.98 Å². The zero-order valence-electron chi connectivity index (χ0n) is 13.8. The first-order valence-electron chi connectivity index (χ1n) is 8.24. The van der Waals surface area contributed by atoms with Gasteiger partial charge < -0.3 is 15.4 Å². The molecule has 3 rings (SSSR count). The van der Waals surface area contributed by atoms with Gasteiger partial charge in [0.25, 0.3) is 5.91 Å². The minimum absolute atomic E-state index is 0.00148. The van der Waals surface area contributed by atoms with Crippen LogP contribution < -0.4 is 10.5 Å². The zero-order valence-corrected chi connectivity index (χ0v) is 13.8. The highest BCUT2D eigenvalue weighted by molar-refractivity contribution is 5.95. The molecule has 1 aliphatic rings. The van der Waals surface area contributed by atoms with E-state index in [0.717, 1.165) is 19.4 Å². The largest absolute Gasteiger partial charge is 0.437 e. The van der Waals surface area contributed by atoms with E-state index >= 15 is 0 Å². The van der Waals surface area contributed by atoms with Crippen molar-refractivity contribution in [3.63, 3.8) is 0 Å². The second-order valence-corrected chi connectivity index (χ2v) is 6.09. The van der Waals surface area contributed by atoms with Crippen molar-refractivity contribution in [1.29, 1.82) is 0 Å². The highest BCUT2D eigenvalue weighted by Crippen LogP contribution is 2.26. The van der Waals surface area contributed by atoms with Crippen molar-refractivity contribution < 1.29 is 9.53 Å². The Morgan fingerprint density at radius 3 is 3.04 bits per heavy atom. The van der Waals surface area contributed by atoms with Gasteiger partial charge in [-0.1, -0.05) is 13.0 Å². The summed E-state index contributed by atoms with van der Waals surface area (Å²) in [6.45, 7) is 3.40. The number of ether oxygens (including phenoxy) is 1. The topological polar surface area (TPSA) is 81.3 Å². The monoisotopic (exact) mass is 326 g/mol. The summed E-state index contributed by atoms with van der Waals surface area (Å²) in [5.74, 6) is 1.39. The van der Waals surface area contributed by atoms with Gasteiger partial charge in [0.2, 0.25) is 5.88 Å². The summed E-state index contributed by atoms with van der Waals surface area (Å²) in [4.78, 5) is 22.8. The predicted octanol–water partition coefficient (Wildman–Crippen LogP) is 2.47. The summed E-state index contributed by atoms with van der Waals surface area (Å²) in [6.07, 6.45) is 6.80. The molecule has 1 saturated heterocycles.